The third-order valence-electron chi connectivity index (χ3n) is 9.79. The molecule has 4 nitrogen and oxygen atoms in total. The van der Waals surface area contributed by atoms with Crippen LogP contribution in [0.15, 0.2) is 11.6 Å². The zero-order valence-corrected chi connectivity index (χ0v) is 16.3. The first-order chi connectivity index (χ1) is 13.1. The van der Waals surface area contributed by atoms with Crippen molar-refractivity contribution in [2.45, 2.75) is 63.9 Å². The minimum absolute atomic E-state index is 0.0896. The van der Waals surface area contributed by atoms with Crippen LogP contribution in [-0.4, -0.2) is 30.1 Å². The molecule has 0 N–H and O–H groups in total. The van der Waals surface area contributed by atoms with Gasteiger partial charge in [-0.15, -0.1) is 0 Å². The number of carbonyl (C=O) groups excluding carboxylic acids is 2. The molecule has 0 aromatic heterocycles. The Bertz CT molecular complexity index is 836. The van der Waals surface area contributed by atoms with E-state index in [1.807, 2.05) is 6.92 Å². The van der Waals surface area contributed by atoms with Crippen molar-refractivity contribution in [2.75, 3.05) is 6.61 Å². The summed E-state index contributed by atoms with van der Waals surface area (Å²) in [6.07, 6.45) is 5.87. The van der Waals surface area contributed by atoms with Crippen molar-refractivity contribution in [1.82, 2.24) is 0 Å². The lowest BCUT2D eigenvalue weighted by molar-refractivity contribution is -0.171. The Morgan fingerprint density at radius 2 is 1.82 bits per heavy atom. The monoisotopic (exact) mass is 392 g/mol. The molecular formula is C22H26F2O4. The molecule has 0 amide bonds. The fraction of sp³-hybridized carbons (Fsp3) is 0.818. The van der Waals surface area contributed by atoms with Crippen molar-refractivity contribution in [3.8, 4) is 0 Å². The summed E-state index contributed by atoms with van der Waals surface area (Å²) in [7, 11) is 0. The predicted molar refractivity (Wildman–Crippen MR) is 94.2 cm³/mol. The Balaban J connectivity index is 1.45. The van der Waals surface area contributed by atoms with Gasteiger partial charge in [-0.3, -0.25) is 4.79 Å². The SMILES string of the molecule is C[C@]12COC(=O)C=C1[C@@H]1[C@H]([C@@H]3[C@@H]2CC[C@@]2(C)[C@H]3CC[C@@]23CCC(=O)O3)C1(F)F. The molecule has 4 aliphatic carbocycles. The summed E-state index contributed by atoms with van der Waals surface area (Å²) in [4.78, 5) is 23.8. The first kappa shape index (κ1) is 17.4. The molecule has 6 rings (SSSR count). The largest absolute Gasteiger partial charge is 0.462 e. The number of alkyl halides is 2. The first-order valence-electron chi connectivity index (χ1n) is 10.6. The van der Waals surface area contributed by atoms with Crippen LogP contribution in [0, 0.1) is 40.4 Å². The number of rotatable bonds is 0. The highest BCUT2D eigenvalue weighted by Gasteiger charge is 2.82. The number of cyclic esters (lactones) is 1. The van der Waals surface area contributed by atoms with Gasteiger partial charge in [0.2, 0.25) is 0 Å². The van der Waals surface area contributed by atoms with E-state index in [9.17, 15) is 9.59 Å². The van der Waals surface area contributed by atoms with Gasteiger partial charge in [-0.2, -0.15) is 0 Å². The summed E-state index contributed by atoms with van der Waals surface area (Å²) in [5.41, 5.74) is -0.561. The van der Waals surface area contributed by atoms with Gasteiger partial charge in [-0.05, 0) is 55.4 Å². The quantitative estimate of drug-likeness (QED) is 0.587. The highest BCUT2D eigenvalue weighted by molar-refractivity contribution is 5.84. The van der Waals surface area contributed by atoms with Crippen molar-refractivity contribution in [1.29, 1.82) is 0 Å². The Labute approximate surface area is 163 Å². The van der Waals surface area contributed by atoms with Gasteiger partial charge in [0.15, 0.2) is 0 Å². The summed E-state index contributed by atoms with van der Waals surface area (Å²) in [5, 5.41) is 0. The molecule has 6 aliphatic rings. The first-order valence-corrected chi connectivity index (χ1v) is 10.6. The van der Waals surface area contributed by atoms with Crippen LogP contribution in [0.2, 0.25) is 0 Å². The van der Waals surface area contributed by atoms with Gasteiger partial charge in [-0.1, -0.05) is 13.8 Å². The maximum absolute atomic E-state index is 15.1. The molecule has 1 saturated heterocycles. The molecule has 0 bridgehead atoms. The number of hydrogen-bond acceptors (Lipinski definition) is 4. The maximum atomic E-state index is 15.1. The molecule has 28 heavy (non-hydrogen) atoms. The summed E-state index contributed by atoms with van der Waals surface area (Å²) in [6.45, 7) is 4.42. The molecule has 4 saturated carbocycles. The Kier molecular flexibility index (Phi) is 2.99. The topological polar surface area (TPSA) is 52.6 Å². The van der Waals surface area contributed by atoms with Gasteiger partial charge in [-0.25, -0.2) is 13.6 Å². The molecule has 152 valence electrons. The molecule has 0 unspecified atom stereocenters. The molecule has 1 spiro atoms. The number of ether oxygens (including phenoxy) is 2. The lowest BCUT2D eigenvalue weighted by Gasteiger charge is -2.58. The molecule has 0 radical (unpaired) electrons. The molecule has 5 fully saturated rings. The lowest BCUT2D eigenvalue weighted by atomic mass is 9.47. The van der Waals surface area contributed by atoms with Crippen molar-refractivity contribution in [2.24, 2.45) is 40.4 Å². The van der Waals surface area contributed by atoms with Crippen molar-refractivity contribution in [3.05, 3.63) is 11.6 Å². The summed E-state index contributed by atoms with van der Waals surface area (Å²) < 4.78 is 41.4. The zero-order valence-electron chi connectivity index (χ0n) is 16.3. The molecule has 2 heterocycles. The van der Waals surface area contributed by atoms with Crippen LogP contribution in [0.25, 0.3) is 0 Å². The van der Waals surface area contributed by atoms with Crippen LogP contribution in [0.1, 0.15) is 52.4 Å². The zero-order chi connectivity index (χ0) is 19.7. The summed E-state index contributed by atoms with van der Waals surface area (Å²) >= 11 is 0. The van der Waals surface area contributed by atoms with Crippen molar-refractivity contribution >= 4 is 11.9 Å². The number of hydrogen-bond donors (Lipinski definition) is 0. The van der Waals surface area contributed by atoms with E-state index < -0.39 is 34.7 Å². The van der Waals surface area contributed by atoms with Gasteiger partial charge in [0.1, 0.15) is 12.2 Å². The molecule has 2 aliphatic heterocycles. The Hall–Kier alpha value is -1.46. The Morgan fingerprint density at radius 1 is 1.07 bits per heavy atom. The highest BCUT2D eigenvalue weighted by Crippen LogP contribution is 2.79. The number of halogens is 2. The van der Waals surface area contributed by atoms with E-state index in [0.29, 0.717) is 12.0 Å². The molecule has 0 aromatic carbocycles. The standard InChI is InChI=1S/C22H26F2O4/c1-19-10-27-15(26)9-13(19)17-18(22(17,23)24)16-11(19)3-6-20(2)12(16)4-7-21(20)8-5-14(25)28-21/h9,11-12,16-18H,3-8,10H2,1-2H3/t11-,12-,16+,17+,18-,19+,20-,21+/m0/s1. The predicted octanol–water partition coefficient (Wildman–Crippen LogP) is 3.89. The van der Waals surface area contributed by atoms with Crippen LogP contribution >= 0.6 is 0 Å². The fourth-order valence-corrected chi connectivity index (χ4v) is 8.37. The van der Waals surface area contributed by atoms with Crippen LogP contribution in [0.4, 0.5) is 8.78 Å². The van der Waals surface area contributed by atoms with Crippen LogP contribution in [0.5, 0.6) is 0 Å². The third-order valence-corrected chi connectivity index (χ3v) is 9.79. The second kappa shape index (κ2) is 4.81. The minimum atomic E-state index is -2.75. The molecule has 8 atom stereocenters. The van der Waals surface area contributed by atoms with Crippen molar-refractivity contribution < 1.29 is 27.8 Å². The van der Waals surface area contributed by atoms with Crippen LogP contribution in [-0.2, 0) is 19.1 Å². The second-order valence-corrected chi connectivity index (χ2v) is 10.6. The van der Waals surface area contributed by atoms with Crippen LogP contribution in [0.3, 0.4) is 0 Å². The van der Waals surface area contributed by atoms with E-state index in [0.717, 1.165) is 32.1 Å². The normalized spacial score (nSPS) is 55.4. The number of esters is 2. The van der Waals surface area contributed by atoms with Gasteiger partial charge in [0.05, 0.1) is 5.92 Å². The molecular weight excluding hydrogens is 366 g/mol. The lowest BCUT2D eigenvalue weighted by Crippen LogP contribution is -2.56. The number of carbonyl (C=O) groups is 2. The maximum Gasteiger partial charge on any atom is 0.330 e. The van der Waals surface area contributed by atoms with Gasteiger partial charge in [0.25, 0.3) is 5.92 Å². The van der Waals surface area contributed by atoms with E-state index in [1.165, 1.54) is 6.08 Å². The van der Waals surface area contributed by atoms with E-state index >= 15 is 8.78 Å². The summed E-state index contributed by atoms with van der Waals surface area (Å²) in [5.74, 6) is -4.75. The van der Waals surface area contributed by atoms with Crippen molar-refractivity contribution in [3.63, 3.8) is 0 Å². The van der Waals surface area contributed by atoms with Crippen LogP contribution < -0.4 is 0 Å². The average Bonchev–Trinajstić information content (AvgIpc) is 2.90. The molecule has 0 aromatic rings. The van der Waals surface area contributed by atoms with Gasteiger partial charge in [0, 0.05) is 29.2 Å². The van der Waals surface area contributed by atoms with Gasteiger partial charge >= 0.3 is 11.9 Å². The minimum Gasteiger partial charge on any atom is -0.462 e. The van der Waals surface area contributed by atoms with E-state index in [1.54, 1.807) is 0 Å². The Morgan fingerprint density at radius 3 is 2.54 bits per heavy atom. The van der Waals surface area contributed by atoms with E-state index in [4.69, 9.17) is 9.47 Å². The smallest absolute Gasteiger partial charge is 0.330 e. The fourth-order valence-electron chi connectivity index (χ4n) is 8.37. The number of fused-ring (bicyclic) bond motifs is 9. The molecule has 6 heteroatoms. The van der Waals surface area contributed by atoms with E-state index in [2.05, 4.69) is 6.92 Å². The van der Waals surface area contributed by atoms with E-state index in [-0.39, 0.29) is 35.7 Å². The van der Waals surface area contributed by atoms with Gasteiger partial charge < -0.3 is 9.47 Å². The highest BCUT2D eigenvalue weighted by atomic mass is 19.3. The third kappa shape index (κ3) is 1.73. The average molecular weight is 392 g/mol. The second-order valence-electron chi connectivity index (χ2n) is 10.6. The summed E-state index contributed by atoms with van der Waals surface area (Å²) in [6, 6.07) is 0.